The minimum Gasteiger partial charge on any atom is -0.342 e. The number of piperidine rings is 1. The van der Waals surface area contributed by atoms with Gasteiger partial charge >= 0.3 is 0 Å². The van der Waals surface area contributed by atoms with Crippen molar-refractivity contribution in [1.82, 2.24) is 14.7 Å². The van der Waals surface area contributed by atoms with Crippen LogP contribution in [0.4, 0.5) is 4.39 Å². The average molecular weight is 387 g/mol. The van der Waals surface area contributed by atoms with Crippen LogP contribution in [0.15, 0.2) is 24.3 Å². The summed E-state index contributed by atoms with van der Waals surface area (Å²) in [5.41, 5.74) is 1.11. The van der Waals surface area contributed by atoms with E-state index in [-0.39, 0.29) is 23.6 Å². The number of hydrogen-bond acceptors (Lipinski definition) is 3. The minimum atomic E-state index is -0.207. The number of benzene rings is 1. The maximum absolute atomic E-state index is 13.1. The third-order valence-corrected chi connectivity index (χ3v) is 6.30. The quantitative estimate of drug-likeness (QED) is 0.797. The van der Waals surface area contributed by atoms with E-state index in [1.54, 1.807) is 0 Å². The van der Waals surface area contributed by atoms with Gasteiger partial charge < -0.3 is 9.80 Å². The fraction of sp³-hybridized carbons (Fsp3) is 0.636. The van der Waals surface area contributed by atoms with E-state index in [1.165, 1.54) is 12.1 Å². The lowest BCUT2D eigenvalue weighted by molar-refractivity contribution is -0.141. The Labute approximate surface area is 166 Å². The van der Waals surface area contributed by atoms with Crippen molar-refractivity contribution in [3.05, 3.63) is 35.6 Å². The van der Waals surface area contributed by atoms with E-state index in [9.17, 15) is 14.0 Å². The first kappa shape index (κ1) is 19.4. The molecule has 1 aromatic rings. The van der Waals surface area contributed by atoms with E-state index in [0.29, 0.717) is 5.91 Å². The van der Waals surface area contributed by atoms with Crippen molar-refractivity contribution in [3.8, 4) is 0 Å². The highest BCUT2D eigenvalue weighted by Crippen LogP contribution is 2.32. The van der Waals surface area contributed by atoms with Crippen LogP contribution in [0.1, 0.15) is 37.7 Å². The summed E-state index contributed by atoms with van der Waals surface area (Å²) < 4.78 is 13.1. The molecule has 5 nitrogen and oxygen atoms in total. The largest absolute Gasteiger partial charge is 0.342 e. The van der Waals surface area contributed by atoms with Gasteiger partial charge in [0.05, 0.1) is 0 Å². The molecule has 0 radical (unpaired) electrons. The van der Waals surface area contributed by atoms with E-state index in [2.05, 4.69) is 4.90 Å². The van der Waals surface area contributed by atoms with E-state index < -0.39 is 0 Å². The third-order valence-electron chi connectivity index (χ3n) is 6.30. The Bertz CT molecular complexity index is 696. The Kier molecular flexibility index (Phi) is 5.95. The number of nitrogens with zero attached hydrogens (tertiary/aromatic N) is 3. The lowest BCUT2D eigenvalue weighted by Gasteiger charge is -2.34. The number of amides is 2. The summed E-state index contributed by atoms with van der Waals surface area (Å²) in [5, 5.41) is 0. The molecule has 2 saturated heterocycles. The molecule has 0 bridgehead atoms. The molecule has 6 heteroatoms. The van der Waals surface area contributed by atoms with Crippen LogP contribution in [0.3, 0.4) is 0 Å². The second kappa shape index (κ2) is 8.60. The molecule has 1 saturated carbocycles. The van der Waals surface area contributed by atoms with E-state index >= 15 is 0 Å². The summed E-state index contributed by atoms with van der Waals surface area (Å²) in [7, 11) is 0. The van der Waals surface area contributed by atoms with Crippen molar-refractivity contribution < 1.29 is 14.0 Å². The van der Waals surface area contributed by atoms with Crippen molar-refractivity contribution in [2.75, 3.05) is 39.3 Å². The number of likely N-dealkylation sites (tertiary alicyclic amines) is 1. The molecule has 1 aromatic carbocycles. The van der Waals surface area contributed by atoms with Gasteiger partial charge in [0.15, 0.2) is 0 Å². The van der Waals surface area contributed by atoms with Crippen LogP contribution in [0.2, 0.25) is 0 Å². The van der Waals surface area contributed by atoms with Gasteiger partial charge in [0.25, 0.3) is 0 Å². The van der Waals surface area contributed by atoms with E-state index in [1.807, 2.05) is 21.9 Å². The second-order valence-corrected chi connectivity index (χ2v) is 8.46. The molecule has 28 heavy (non-hydrogen) atoms. The molecule has 4 rings (SSSR count). The van der Waals surface area contributed by atoms with Gasteiger partial charge in [-0.05, 0) is 49.8 Å². The fourth-order valence-electron chi connectivity index (χ4n) is 4.39. The molecule has 3 fully saturated rings. The number of rotatable bonds is 4. The Morgan fingerprint density at radius 3 is 2.04 bits per heavy atom. The van der Waals surface area contributed by atoms with Crippen molar-refractivity contribution in [3.63, 3.8) is 0 Å². The van der Waals surface area contributed by atoms with Gasteiger partial charge in [-0.2, -0.15) is 0 Å². The van der Waals surface area contributed by atoms with Gasteiger partial charge in [-0.25, -0.2) is 4.39 Å². The van der Waals surface area contributed by atoms with Crippen LogP contribution in [0.25, 0.3) is 0 Å². The molecule has 0 atom stereocenters. The van der Waals surface area contributed by atoms with Crippen molar-refractivity contribution >= 4 is 11.8 Å². The molecule has 2 amide bonds. The fourth-order valence-corrected chi connectivity index (χ4v) is 4.39. The number of halogens is 1. The number of carbonyl (C=O) groups excluding carboxylic acids is 2. The van der Waals surface area contributed by atoms with Crippen LogP contribution < -0.4 is 0 Å². The predicted molar refractivity (Wildman–Crippen MR) is 105 cm³/mol. The van der Waals surface area contributed by atoms with E-state index in [4.69, 9.17) is 0 Å². The Morgan fingerprint density at radius 1 is 0.786 bits per heavy atom. The highest BCUT2D eigenvalue weighted by molar-refractivity contribution is 5.82. The molecule has 2 aliphatic heterocycles. The summed E-state index contributed by atoms with van der Waals surface area (Å²) in [6.07, 6.45) is 4.64. The van der Waals surface area contributed by atoms with Gasteiger partial charge in [-0.15, -0.1) is 0 Å². The predicted octanol–water partition coefficient (Wildman–Crippen LogP) is 2.51. The van der Waals surface area contributed by atoms with Crippen molar-refractivity contribution in [1.29, 1.82) is 0 Å². The zero-order valence-electron chi connectivity index (χ0n) is 16.5. The highest BCUT2D eigenvalue weighted by atomic mass is 19.1. The molecule has 0 unspecified atom stereocenters. The smallest absolute Gasteiger partial charge is 0.225 e. The summed E-state index contributed by atoms with van der Waals surface area (Å²) in [4.78, 5) is 31.5. The molecular formula is C22H30FN3O2. The van der Waals surface area contributed by atoms with Crippen LogP contribution in [-0.2, 0) is 16.1 Å². The molecule has 2 heterocycles. The first-order valence-electron chi connectivity index (χ1n) is 10.6. The Morgan fingerprint density at radius 2 is 1.39 bits per heavy atom. The summed E-state index contributed by atoms with van der Waals surface area (Å²) in [6.45, 7) is 5.62. The second-order valence-electron chi connectivity index (χ2n) is 8.46. The van der Waals surface area contributed by atoms with E-state index in [0.717, 1.165) is 83.5 Å². The Hall–Kier alpha value is -1.95. The lowest BCUT2D eigenvalue weighted by atomic mass is 9.95. The monoisotopic (exact) mass is 387 g/mol. The van der Waals surface area contributed by atoms with Crippen LogP contribution in [-0.4, -0.2) is 65.8 Å². The SMILES string of the molecule is O=C(C1CC1)N1CCC(C(=O)N2CCCN(Cc3ccc(F)cc3)CC2)CC1. The summed E-state index contributed by atoms with van der Waals surface area (Å²) in [5.74, 6) is 0.692. The van der Waals surface area contributed by atoms with Gasteiger partial charge in [0.1, 0.15) is 5.82 Å². The molecule has 0 N–H and O–H groups in total. The lowest BCUT2D eigenvalue weighted by Crippen LogP contribution is -2.45. The standard InChI is InChI=1S/C22H30FN3O2/c23-20-6-2-17(3-7-20)16-24-10-1-11-25(15-14-24)22(28)19-8-12-26(13-9-19)21(27)18-4-5-18/h2-3,6-7,18-19H,1,4-5,8-16H2. The van der Waals surface area contributed by atoms with Crippen LogP contribution in [0, 0.1) is 17.7 Å². The topological polar surface area (TPSA) is 43.9 Å². The molecule has 3 aliphatic rings. The maximum Gasteiger partial charge on any atom is 0.225 e. The van der Waals surface area contributed by atoms with Crippen LogP contribution in [0.5, 0.6) is 0 Å². The molecule has 1 aliphatic carbocycles. The van der Waals surface area contributed by atoms with Gasteiger partial charge in [0.2, 0.25) is 11.8 Å². The van der Waals surface area contributed by atoms with Gasteiger partial charge in [-0.3, -0.25) is 14.5 Å². The number of hydrogen-bond donors (Lipinski definition) is 0. The minimum absolute atomic E-state index is 0.0619. The molecule has 0 spiro atoms. The van der Waals surface area contributed by atoms with Gasteiger partial charge in [-0.1, -0.05) is 12.1 Å². The Balaban J connectivity index is 1.25. The zero-order chi connectivity index (χ0) is 19.5. The molecule has 152 valence electrons. The van der Waals surface area contributed by atoms with Crippen molar-refractivity contribution in [2.45, 2.75) is 38.6 Å². The zero-order valence-corrected chi connectivity index (χ0v) is 16.5. The first-order valence-corrected chi connectivity index (χ1v) is 10.6. The number of carbonyl (C=O) groups is 2. The maximum atomic E-state index is 13.1. The third kappa shape index (κ3) is 4.72. The summed E-state index contributed by atoms with van der Waals surface area (Å²) in [6, 6.07) is 6.67. The van der Waals surface area contributed by atoms with Crippen LogP contribution >= 0.6 is 0 Å². The highest BCUT2D eigenvalue weighted by Gasteiger charge is 2.36. The van der Waals surface area contributed by atoms with Gasteiger partial charge in [0, 0.05) is 57.6 Å². The average Bonchev–Trinajstić information content (AvgIpc) is 3.57. The molecule has 0 aromatic heterocycles. The molecular weight excluding hydrogens is 357 g/mol. The normalized spacial score (nSPS) is 22.2. The summed E-state index contributed by atoms with van der Waals surface area (Å²) >= 11 is 0. The van der Waals surface area contributed by atoms with Crippen molar-refractivity contribution in [2.24, 2.45) is 11.8 Å². The first-order chi connectivity index (χ1) is 13.6.